The zero-order valence-electron chi connectivity index (χ0n) is 8.00. The lowest BCUT2D eigenvalue weighted by atomic mass is 9.85. The summed E-state index contributed by atoms with van der Waals surface area (Å²) >= 11 is 3.57. The fourth-order valence-electron chi connectivity index (χ4n) is 1.92. The van der Waals surface area contributed by atoms with Crippen LogP contribution >= 0.6 is 15.9 Å². The van der Waals surface area contributed by atoms with Crippen molar-refractivity contribution in [1.82, 2.24) is 4.90 Å². The van der Waals surface area contributed by atoms with E-state index in [0.29, 0.717) is 16.7 Å². The van der Waals surface area contributed by atoms with Crippen LogP contribution in [-0.4, -0.2) is 29.2 Å². The van der Waals surface area contributed by atoms with Gasteiger partial charge in [0.1, 0.15) is 0 Å². The Labute approximate surface area is 87.8 Å². The summed E-state index contributed by atoms with van der Waals surface area (Å²) < 4.78 is 0. The molecule has 1 amide bonds. The highest BCUT2D eigenvalue weighted by Crippen LogP contribution is 2.35. The number of halogens is 1. The van der Waals surface area contributed by atoms with E-state index in [2.05, 4.69) is 15.9 Å². The van der Waals surface area contributed by atoms with Crippen molar-refractivity contribution in [3.05, 3.63) is 0 Å². The molecule has 0 atom stereocenters. The van der Waals surface area contributed by atoms with Gasteiger partial charge in [-0.1, -0.05) is 15.9 Å². The molecule has 74 valence electrons. The minimum atomic E-state index is 0.373. The van der Waals surface area contributed by atoms with Gasteiger partial charge in [-0.25, -0.2) is 0 Å². The molecule has 0 spiro atoms. The minimum absolute atomic E-state index is 0.373. The largest absolute Gasteiger partial charge is 0.345 e. The molecule has 2 fully saturated rings. The van der Waals surface area contributed by atoms with Gasteiger partial charge in [-0.3, -0.25) is 4.79 Å². The van der Waals surface area contributed by atoms with Gasteiger partial charge in [0.2, 0.25) is 5.91 Å². The van der Waals surface area contributed by atoms with E-state index in [1.54, 1.807) is 0 Å². The van der Waals surface area contributed by atoms with Crippen LogP contribution in [0.2, 0.25) is 0 Å². The smallest absolute Gasteiger partial charge is 0.225 e. The van der Waals surface area contributed by atoms with Gasteiger partial charge in [-0.05, 0) is 31.6 Å². The second kappa shape index (κ2) is 3.60. The summed E-state index contributed by atoms with van der Waals surface area (Å²) in [6, 6.07) is 0. The molecular weight excluding hydrogens is 230 g/mol. The summed E-state index contributed by atoms with van der Waals surface area (Å²) in [4.78, 5) is 14.2. The zero-order chi connectivity index (χ0) is 9.42. The molecule has 0 unspecified atom stereocenters. The quantitative estimate of drug-likeness (QED) is 0.698. The molecule has 0 aromatic heterocycles. The lowest BCUT2D eigenvalue weighted by Gasteiger charge is -2.34. The van der Waals surface area contributed by atoms with E-state index >= 15 is 0 Å². The second-order valence-electron chi connectivity index (χ2n) is 4.43. The Balaban J connectivity index is 1.71. The molecule has 0 aromatic rings. The van der Waals surface area contributed by atoms with Gasteiger partial charge in [0.25, 0.3) is 0 Å². The van der Waals surface area contributed by atoms with Gasteiger partial charge in [-0.2, -0.15) is 0 Å². The molecule has 0 aliphatic heterocycles. The third-order valence-electron chi connectivity index (χ3n) is 3.01. The average molecular weight is 246 g/mol. The monoisotopic (exact) mass is 245 g/mol. The maximum atomic E-state index is 11.6. The van der Waals surface area contributed by atoms with Gasteiger partial charge >= 0.3 is 0 Å². The van der Waals surface area contributed by atoms with E-state index in [1.807, 2.05) is 11.9 Å². The fourth-order valence-corrected chi connectivity index (χ4v) is 2.98. The van der Waals surface area contributed by atoms with Crippen molar-refractivity contribution in [3.8, 4) is 0 Å². The van der Waals surface area contributed by atoms with Crippen molar-refractivity contribution >= 4 is 21.8 Å². The molecule has 2 nitrogen and oxygen atoms in total. The van der Waals surface area contributed by atoms with Crippen LogP contribution in [0, 0.1) is 11.8 Å². The van der Waals surface area contributed by atoms with E-state index in [0.717, 1.165) is 25.3 Å². The first-order chi connectivity index (χ1) is 6.16. The van der Waals surface area contributed by atoms with Gasteiger partial charge < -0.3 is 4.90 Å². The number of nitrogens with zero attached hydrogens (tertiary/aromatic N) is 1. The summed E-state index contributed by atoms with van der Waals surface area (Å²) in [6.45, 7) is 0.970. The van der Waals surface area contributed by atoms with Gasteiger partial charge in [0.05, 0.1) is 0 Å². The highest BCUT2D eigenvalue weighted by molar-refractivity contribution is 9.09. The number of amides is 1. The maximum Gasteiger partial charge on any atom is 0.225 e. The SMILES string of the molecule is CN(CC1CC(Br)C1)C(=O)C1CC1. The highest BCUT2D eigenvalue weighted by atomic mass is 79.9. The summed E-state index contributed by atoms with van der Waals surface area (Å²) in [5.41, 5.74) is 0. The Morgan fingerprint density at radius 1 is 1.46 bits per heavy atom. The van der Waals surface area contributed by atoms with E-state index in [4.69, 9.17) is 0 Å². The Morgan fingerprint density at radius 2 is 2.08 bits per heavy atom. The summed E-state index contributed by atoms with van der Waals surface area (Å²) in [5.74, 6) is 1.50. The lowest BCUT2D eigenvalue weighted by Crippen LogP contribution is -2.38. The van der Waals surface area contributed by atoms with Crippen LogP contribution in [0.15, 0.2) is 0 Å². The van der Waals surface area contributed by atoms with E-state index < -0.39 is 0 Å². The Morgan fingerprint density at radius 3 is 2.54 bits per heavy atom. The van der Waals surface area contributed by atoms with Crippen molar-refractivity contribution in [2.75, 3.05) is 13.6 Å². The van der Waals surface area contributed by atoms with Crippen molar-refractivity contribution in [3.63, 3.8) is 0 Å². The molecule has 0 saturated heterocycles. The fraction of sp³-hybridized carbons (Fsp3) is 0.900. The van der Waals surface area contributed by atoms with Gasteiger partial charge in [0.15, 0.2) is 0 Å². The standard InChI is InChI=1S/C10H16BrNO/c1-12(10(13)8-2-3-8)6-7-4-9(11)5-7/h7-9H,2-6H2,1H3. The molecule has 0 radical (unpaired) electrons. The predicted octanol–water partition coefficient (Wildman–Crippen LogP) is 2.03. The van der Waals surface area contributed by atoms with Crippen LogP contribution in [-0.2, 0) is 4.79 Å². The number of alkyl halides is 1. The van der Waals surface area contributed by atoms with Crippen LogP contribution in [0.4, 0.5) is 0 Å². The highest BCUT2D eigenvalue weighted by Gasteiger charge is 2.34. The molecule has 2 aliphatic rings. The number of rotatable bonds is 3. The molecule has 2 aliphatic carbocycles. The first-order valence-corrected chi connectivity index (χ1v) is 5.97. The second-order valence-corrected chi connectivity index (χ2v) is 5.72. The third kappa shape index (κ3) is 2.25. The lowest BCUT2D eigenvalue weighted by molar-refractivity contribution is -0.132. The first kappa shape index (κ1) is 9.50. The molecule has 2 rings (SSSR count). The maximum absolute atomic E-state index is 11.6. The molecular formula is C10H16BrNO. The van der Waals surface area contributed by atoms with Crippen molar-refractivity contribution in [1.29, 1.82) is 0 Å². The minimum Gasteiger partial charge on any atom is -0.345 e. The Kier molecular flexibility index (Phi) is 2.63. The van der Waals surface area contributed by atoms with E-state index in [-0.39, 0.29) is 0 Å². The third-order valence-corrected chi connectivity index (χ3v) is 3.76. The summed E-state index contributed by atoms with van der Waals surface area (Å²) in [7, 11) is 1.95. The van der Waals surface area contributed by atoms with Gasteiger partial charge in [-0.15, -0.1) is 0 Å². The molecule has 0 heterocycles. The normalized spacial score (nSPS) is 32.5. The van der Waals surface area contributed by atoms with Crippen LogP contribution in [0.3, 0.4) is 0 Å². The van der Waals surface area contributed by atoms with Crippen LogP contribution in [0.5, 0.6) is 0 Å². The zero-order valence-corrected chi connectivity index (χ0v) is 9.59. The molecule has 0 aromatic carbocycles. The first-order valence-electron chi connectivity index (χ1n) is 5.06. The van der Waals surface area contributed by atoms with Crippen molar-refractivity contribution in [2.24, 2.45) is 11.8 Å². The Hall–Kier alpha value is -0.0500. The average Bonchev–Trinajstić information content (AvgIpc) is 2.82. The predicted molar refractivity (Wildman–Crippen MR) is 55.8 cm³/mol. The molecule has 2 saturated carbocycles. The number of hydrogen-bond donors (Lipinski definition) is 0. The van der Waals surface area contributed by atoms with E-state index in [1.165, 1.54) is 12.8 Å². The van der Waals surface area contributed by atoms with E-state index in [9.17, 15) is 4.79 Å². The number of carbonyl (C=O) groups is 1. The van der Waals surface area contributed by atoms with Crippen LogP contribution < -0.4 is 0 Å². The van der Waals surface area contributed by atoms with Crippen molar-refractivity contribution < 1.29 is 4.79 Å². The molecule has 0 bridgehead atoms. The summed E-state index contributed by atoms with van der Waals surface area (Å²) in [6.07, 6.45) is 4.72. The van der Waals surface area contributed by atoms with Crippen molar-refractivity contribution in [2.45, 2.75) is 30.5 Å². The van der Waals surface area contributed by atoms with Crippen LogP contribution in [0.1, 0.15) is 25.7 Å². The Bertz CT molecular complexity index is 209. The van der Waals surface area contributed by atoms with Crippen LogP contribution in [0.25, 0.3) is 0 Å². The molecule has 3 heteroatoms. The topological polar surface area (TPSA) is 20.3 Å². The summed E-state index contributed by atoms with van der Waals surface area (Å²) in [5, 5.41) is 0. The number of hydrogen-bond acceptors (Lipinski definition) is 1. The van der Waals surface area contributed by atoms with Gasteiger partial charge in [0, 0.05) is 24.3 Å². The number of carbonyl (C=O) groups excluding carboxylic acids is 1. The molecule has 13 heavy (non-hydrogen) atoms. The molecule has 0 N–H and O–H groups in total.